The molecule has 3 aromatic rings. The van der Waals surface area contributed by atoms with E-state index in [-0.39, 0.29) is 12.5 Å². The number of carbonyl (C=O) groups is 1. The van der Waals surface area contributed by atoms with Crippen LogP contribution in [0.2, 0.25) is 0 Å². The van der Waals surface area contributed by atoms with Crippen LogP contribution in [0.1, 0.15) is 26.2 Å². The van der Waals surface area contributed by atoms with Crippen molar-refractivity contribution in [1.29, 1.82) is 0 Å². The summed E-state index contributed by atoms with van der Waals surface area (Å²) in [6.07, 6.45) is 3.32. The average Bonchev–Trinajstić information content (AvgIpc) is 3.24. The first-order valence-electron chi connectivity index (χ1n) is 9.62. The van der Waals surface area contributed by atoms with E-state index in [2.05, 4.69) is 17.1 Å². The molecule has 0 unspecified atom stereocenters. The number of hydrogen-bond acceptors (Lipinski definition) is 5. The Bertz CT molecular complexity index is 922. The highest BCUT2D eigenvalue weighted by atomic mass is 16.5. The lowest BCUT2D eigenvalue weighted by Gasteiger charge is -2.33. The number of nitrogens with zero attached hydrogens (tertiary/aromatic N) is 3. The van der Waals surface area contributed by atoms with E-state index in [1.165, 1.54) is 6.42 Å². The molecule has 1 atom stereocenters. The molecule has 0 spiro atoms. The van der Waals surface area contributed by atoms with Crippen molar-refractivity contribution < 1.29 is 14.1 Å². The minimum absolute atomic E-state index is 0.0423. The maximum Gasteiger partial charge on any atom is 0.260 e. The highest BCUT2D eigenvalue weighted by Gasteiger charge is 2.23. The summed E-state index contributed by atoms with van der Waals surface area (Å²) in [5, 5.41) is 4.04. The van der Waals surface area contributed by atoms with E-state index in [0.717, 1.165) is 30.5 Å². The van der Waals surface area contributed by atoms with E-state index in [1.807, 2.05) is 59.5 Å². The molecule has 1 saturated heterocycles. The van der Waals surface area contributed by atoms with Crippen LogP contribution in [0.5, 0.6) is 5.75 Å². The van der Waals surface area contributed by atoms with Gasteiger partial charge in [0.1, 0.15) is 5.75 Å². The summed E-state index contributed by atoms with van der Waals surface area (Å²) >= 11 is 0. The first-order chi connectivity index (χ1) is 13.7. The van der Waals surface area contributed by atoms with Crippen LogP contribution in [0.3, 0.4) is 0 Å². The lowest BCUT2D eigenvalue weighted by molar-refractivity contribution is -0.136. The van der Waals surface area contributed by atoms with Crippen LogP contribution < -0.4 is 4.74 Å². The molecule has 2 heterocycles. The van der Waals surface area contributed by atoms with Gasteiger partial charge in [0, 0.05) is 23.7 Å². The summed E-state index contributed by atoms with van der Waals surface area (Å²) < 4.78 is 11.0. The van der Waals surface area contributed by atoms with Gasteiger partial charge in [-0.05, 0) is 50.5 Å². The molecule has 28 heavy (non-hydrogen) atoms. The van der Waals surface area contributed by atoms with Crippen molar-refractivity contribution in [3.63, 3.8) is 0 Å². The minimum Gasteiger partial charge on any atom is -0.484 e. The number of carbonyl (C=O) groups excluding carboxylic acids is 1. The molecule has 1 aliphatic heterocycles. The third-order valence-corrected chi connectivity index (χ3v) is 5.04. The number of rotatable bonds is 5. The second-order valence-corrected chi connectivity index (χ2v) is 7.03. The van der Waals surface area contributed by atoms with Crippen LogP contribution >= 0.6 is 0 Å². The van der Waals surface area contributed by atoms with Crippen molar-refractivity contribution in [3.05, 3.63) is 54.6 Å². The number of hydrogen-bond donors (Lipinski definition) is 0. The minimum atomic E-state index is 0.0423. The molecule has 1 aliphatic rings. The van der Waals surface area contributed by atoms with Gasteiger partial charge in [0.15, 0.2) is 6.61 Å². The molecule has 0 aliphatic carbocycles. The Morgan fingerprint density at radius 1 is 1.11 bits per heavy atom. The molecule has 2 aromatic carbocycles. The van der Waals surface area contributed by atoms with Crippen LogP contribution in [0.15, 0.2) is 59.1 Å². The Morgan fingerprint density at radius 3 is 2.64 bits per heavy atom. The number of piperidine rings is 1. The van der Waals surface area contributed by atoms with Gasteiger partial charge in [-0.25, -0.2) is 0 Å². The lowest BCUT2D eigenvalue weighted by atomic mass is 10.0. The molecule has 1 fully saturated rings. The molecule has 1 aromatic heterocycles. The summed E-state index contributed by atoms with van der Waals surface area (Å²) in [5.74, 6) is 1.69. The van der Waals surface area contributed by atoms with Gasteiger partial charge in [-0.15, -0.1) is 0 Å². The second-order valence-electron chi connectivity index (χ2n) is 7.03. The van der Waals surface area contributed by atoms with Crippen LogP contribution in [0.4, 0.5) is 0 Å². The van der Waals surface area contributed by atoms with Gasteiger partial charge in [0.2, 0.25) is 5.82 Å². The summed E-state index contributed by atoms with van der Waals surface area (Å²) in [6, 6.07) is 17.3. The first kappa shape index (κ1) is 18.2. The van der Waals surface area contributed by atoms with Crippen molar-refractivity contribution >= 4 is 5.91 Å². The molecule has 4 rings (SSSR count). The van der Waals surface area contributed by atoms with E-state index in [1.54, 1.807) is 0 Å². The molecule has 1 amide bonds. The number of benzene rings is 2. The summed E-state index contributed by atoms with van der Waals surface area (Å²) in [7, 11) is 0. The molecule has 6 heteroatoms. The number of ether oxygens (including phenoxy) is 1. The second kappa shape index (κ2) is 8.25. The maximum atomic E-state index is 12.4. The zero-order valence-corrected chi connectivity index (χ0v) is 15.9. The van der Waals surface area contributed by atoms with Crippen LogP contribution in [-0.2, 0) is 4.79 Å². The third kappa shape index (κ3) is 4.06. The average molecular weight is 377 g/mol. The Morgan fingerprint density at radius 2 is 1.89 bits per heavy atom. The fraction of sp³-hybridized carbons (Fsp3) is 0.318. The number of aromatic nitrogens is 2. The topological polar surface area (TPSA) is 68.5 Å². The lowest BCUT2D eigenvalue weighted by Crippen LogP contribution is -2.44. The van der Waals surface area contributed by atoms with E-state index >= 15 is 0 Å². The van der Waals surface area contributed by atoms with Gasteiger partial charge in [-0.2, -0.15) is 4.98 Å². The fourth-order valence-corrected chi connectivity index (χ4v) is 3.44. The SMILES string of the molecule is C[C@@H]1CCCCN1C(=O)COc1ccc(-c2nc(-c3ccccc3)no2)cc1. The first-order valence-corrected chi connectivity index (χ1v) is 9.62. The zero-order chi connectivity index (χ0) is 19.3. The van der Waals surface area contributed by atoms with Crippen molar-refractivity contribution in [3.8, 4) is 28.6 Å². The van der Waals surface area contributed by atoms with E-state index in [9.17, 15) is 4.79 Å². The Kier molecular flexibility index (Phi) is 5.37. The molecule has 0 saturated carbocycles. The predicted molar refractivity (Wildman–Crippen MR) is 106 cm³/mol. The number of likely N-dealkylation sites (tertiary alicyclic amines) is 1. The van der Waals surface area contributed by atoms with Crippen LogP contribution in [0, 0.1) is 0 Å². The van der Waals surface area contributed by atoms with Gasteiger partial charge in [0.05, 0.1) is 0 Å². The molecule has 0 N–H and O–H groups in total. The molecule has 144 valence electrons. The summed E-state index contributed by atoms with van der Waals surface area (Å²) in [4.78, 5) is 18.7. The van der Waals surface area contributed by atoms with Gasteiger partial charge in [0.25, 0.3) is 11.8 Å². The van der Waals surface area contributed by atoms with E-state index in [0.29, 0.717) is 23.5 Å². The van der Waals surface area contributed by atoms with Gasteiger partial charge in [-0.3, -0.25) is 4.79 Å². The maximum absolute atomic E-state index is 12.4. The quantitative estimate of drug-likeness (QED) is 0.667. The Hall–Kier alpha value is -3.15. The van der Waals surface area contributed by atoms with Crippen molar-refractivity contribution in [2.45, 2.75) is 32.2 Å². The Labute approximate surface area is 164 Å². The van der Waals surface area contributed by atoms with Crippen LogP contribution in [-0.4, -0.2) is 40.1 Å². The summed E-state index contributed by atoms with van der Waals surface area (Å²) in [5.41, 5.74) is 1.71. The van der Waals surface area contributed by atoms with Gasteiger partial charge in [-0.1, -0.05) is 35.5 Å². The highest BCUT2D eigenvalue weighted by molar-refractivity contribution is 5.78. The predicted octanol–water partition coefficient (Wildman–Crippen LogP) is 4.18. The smallest absolute Gasteiger partial charge is 0.260 e. The molecule has 0 bridgehead atoms. The largest absolute Gasteiger partial charge is 0.484 e. The zero-order valence-electron chi connectivity index (χ0n) is 15.9. The normalized spacial score (nSPS) is 16.8. The number of amides is 1. The standard InChI is InChI=1S/C22H23N3O3/c1-16-7-5-6-14-25(16)20(26)15-27-19-12-10-18(11-13-19)22-23-21(24-28-22)17-8-3-2-4-9-17/h2-4,8-13,16H,5-7,14-15H2,1H3/t16-/m1/s1. The van der Waals surface area contributed by atoms with E-state index in [4.69, 9.17) is 9.26 Å². The van der Waals surface area contributed by atoms with Crippen LogP contribution in [0.25, 0.3) is 22.8 Å². The Balaban J connectivity index is 1.38. The van der Waals surface area contributed by atoms with E-state index < -0.39 is 0 Å². The highest BCUT2D eigenvalue weighted by Crippen LogP contribution is 2.24. The monoisotopic (exact) mass is 377 g/mol. The van der Waals surface area contributed by atoms with Crippen molar-refractivity contribution in [2.75, 3.05) is 13.2 Å². The molecular formula is C22H23N3O3. The molecule has 0 radical (unpaired) electrons. The third-order valence-electron chi connectivity index (χ3n) is 5.04. The fourth-order valence-electron chi connectivity index (χ4n) is 3.44. The molecule has 6 nitrogen and oxygen atoms in total. The summed E-state index contributed by atoms with van der Waals surface area (Å²) in [6.45, 7) is 2.98. The van der Waals surface area contributed by atoms with Crippen molar-refractivity contribution in [1.82, 2.24) is 15.0 Å². The van der Waals surface area contributed by atoms with Gasteiger partial charge >= 0.3 is 0 Å². The van der Waals surface area contributed by atoms with Gasteiger partial charge < -0.3 is 14.2 Å². The molecular weight excluding hydrogens is 354 g/mol. The van der Waals surface area contributed by atoms with Crippen molar-refractivity contribution in [2.24, 2.45) is 0 Å².